The van der Waals surface area contributed by atoms with Gasteiger partial charge in [0.15, 0.2) is 0 Å². The molecule has 2 N–H and O–H groups in total. The molecular formula is C21H32N2O8. The second-order valence-electron chi connectivity index (χ2n) is 7.33. The van der Waals surface area contributed by atoms with E-state index in [9.17, 15) is 10.1 Å². The number of non-ortho nitro benzene ring substituents is 1. The van der Waals surface area contributed by atoms with Gasteiger partial charge in [-0.15, -0.1) is 0 Å². The zero-order chi connectivity index (χ0) is 23.2. The molecule has 1 heterocycles. The fraction of sp³-hybridized carbons (Fsp3) is 0.619. The molecule has 2 rings (SSSR count). The summed E-state index contributed by atoms with van der Waals surface area (Å²) in [5, 5.41) is 25.4. The second kappa shape index (κ2) is 14.3. The van der Waals surface area contributed by atoms with Gasteiger partial charge < -0.3 is 24.6 Å². The molecular weight excluding hydrogens is 408 g/mol. The third-order valence-electron chi connectivity index (χ3n) is 5.15. The van der Waals surface area contributed by atoms with Crippen molar-refractivity contribution in [1.82, 2.24) is 4.90 Å². The molecule has 0 bridgehead atoms. The number of carbonyl (C=O) groups is 2. The van der Waals surface area contributed by atoms with E-state index in [1.54, 1.807) is 19.2 Å². The van der Waals surface area contributed by atoms with Gasteiger partial charge in [-0.3, -0.25) is 10.1 Å². The summed E-state index contributed by atoms with van der Waals surface area (Å²) in [7, 11) is 1.80. The number of hydrogen-bond acceptors (Lipinski definition) is 7. The van der Waals surface area contributed by atoms with Gasteiger partial charge in [0.1, 0.15) is 5.75 Å². The summed E-state index contributed by atoms with van der Waals surface area (Å²) in [4.78, 5) is 31.0. The van der Waals surface area contributed by atoms with Crippen LogP contribution < -0.4 is 4.74 Å². The largest absolute Gasteiger partial charge is 0.494 e. The molecule has 31 heavy (non-hydrogen) atoms. The first-order chi connectivity index (χ1) is 14.8. The fourth-order valence-corrected chi connectivity index (χ4v) is 3.41. The number of unbranched alkanes of at least 4 members (excludes halogenated alkanes) is 2. The summed E-state index contributed by atoms with van der Waals surface area (Å²) < 4.78 is 11.5. The van der Waals surface area contributed by atoms with Crippen LogP contribution in [0, 0.1) is 16.0 Å². The Bertz CT molecular complexity index is 683. The van der Waals surface area contributed by atoms with E-state index >= 15 is 0 Å². The van der Waals surface area contributed by atoms with Gasteiger partial charge in [0, 0.05) is 25.8 Å². The molecule has 0 saturated carbocycles. The highest BCUT2D eigenvalue weighted by Crippen LogP contribution is 2.24. The van der Waals surface area contributed by atoms with Crippen LogP contribution in [-0.2, 0) is 14.3 Å². The normalized spacial score (nSPS) is 18.5. The van der Waals surface area contributed by atoms with Crippen molar-refractivity contribution in [1.29, 1.82) is 0 Å². The number of aliphatic carboxylic acids is 2. The van der Waals surface area contributed by atoms with Crippen LogP contribution in [0.5, 0.6) is 5.75 Å². The van der Waals surface area contributed by atoms with Crippen LogP contribution in [-0.4, -0.2) is 71.4 Å². The summed E-state index contributed by atoms with van der Waals surface area (Å²) in [6.07, 6.45) is 6.15. The van der Waals surface area contributed by atoms with E-state index in [1.165, 1.54) is 37.9 Å². The summed E-state index contributed by atoms with van der Waals surface area (Å²) in [6.45, 7) is 6.14. The maximum Gasteiger partial charge on any atom is 0.414 e. The molecule has 0 amide bonds. The lowest BCUT2D eigenvalue weighted by Gasteiger charge is -2.37. The number of nitro groups is 1. The van der Waals surface area contributed by atoms with Crippen molar-refractivity contribution in [3.05, 3.63) is 34.4 Å². The number of nitrogens with zero attached hydrogens (tertiary/aromatic N) is 2. The number of carboxylic acid groups (broad SMARTS) is 2. The van der Waals surface area contributed by atoms with Crippen LogP contribution in [0.3, 0.4) is 0 Å². The van der Waals surface area contributed by atoms with Crippen molar-refractivity contribution in [3.8, 4) is 5.75 Å². The van der Waals surface area contributed by atoms with E-state index in [-0.39, 0.29) is 11.8 Å². The lowest BCUT2D eigenvalue weighted by molar-refractivity contribution is -0.384. The lowest BCUT2D eigenvalue weighted by Crippen LogP contribution is -2.45. The highest BCUT2D eigenvalue weighted by molar-refractivity contribution is 6.27. The monoisotopic (exact) mass is 440 g/mol. The van der Waals surface area contributed by atoms with Crippen molar-refractivity contribution in [3.63, 3.8) is 0 Å². The second-order valence-corrected chi connectivity index (χ2v) is 7.33. The molecule has 0 radical (unpaired) electrons. The number of methoxy groups -OCH3 is 1. The van der Waals surface area contributed by atoms with Gasteiger partial charge in [0.05, 0.1) is 17.6 Å². The first kappa shape index (κ1) is 26.3. The lowest BCUT2D eigenvalue weighted by atomic mass is 9.91. The first-order valence-electron chi connectivity index (χ1n) is 10.4. The van der Waals surface area contributed by atoms with E-state index in [0.717, 1.165) is 25.9 Å². The third-order valence-corrected chi connectivity index (χ3v) is 5.15. The molecule has 1 aromatic carbocycles. The summed E-state index contributed by atoms with van der Waals surface area (Å²) >= 11 is 0. The van der Waals surface area contributed by atoms with Crippen molar-refractivity contribution in [2.75, 3.05) is 33.4 Å². The highest BCUT2D eigenvalue weighted by atomic mass is 16.6. The summed E-state index contributed by atoms with van der Waals surface area (Å²) in [6, 6.07) is 6.26. The Labute approximate surface area is 181 Å². The Hall–Kier alpha value is -2.72. The minimum atomic E-state index is -1.82. The minimum Gasteiger partial charge on any atom is -0.494 e. The minimum absolute atomic E-state index is 0.0854. The van der Waals surface area contributed by atoms with Gasteiger partial charge in [-0.2, -0.15) is 0 Å². The molecule has 0 unspecified atom stereocenters. The Morgan fingerprint density at radius 2 is 1.84 bits per heavy atom. The average molecular weight is 440 g/mol. The SMILES string of the molecule is CCCCCN1CC[C@@H](CCOc2ccc([N+](=O)[O-])cc2)[C@@H](OC)C1.O=C(O)C(=O)O. The van der Waals surface area contributed by atoms with E-state index in [4.69, 9.17) is 29.3 Å². The molecule has 174 valence electrons. The maximum absolute atomic E-state index is 10.7. The molecule has 10 heteroatoms. The van der Waals surface area contributed by atoms with Crippen molar-refractivity contribution in [2.24, 2.45) is 5.92 Å². The number of carboxylic acids is 2. The number of nitro benzene ring substituents is 1. The van der Waals surface area contributed by atoms with Crippen LogP contribution in [0.15, 0.2) is 24.3 Å². The van der Waals surface area contributed by atoms with Crippen LogP contribution in [0.25, 0.3) is 0 Å². The fourth-order valence-electron chi connectivity index (χ4n) is 3.41. The summed E-state index contributed by atoms with van der Waals surface area (Å²) in [5.41, 5.74) is 0.0854. The molecule has 0 spiro atoms. The molecule has 2 atom stereocenters. The van der Waals surface area contributed by atoms with Crippen LogP contribution in [0.4, 0.5) is 5.69 Å². The van der Waals surface area contributed by atoms with Crippen LogP contribution >= 0.6 is 0 Å². The van der Waals surface area contributed by atoms with Gasteiger partial charge >= 0.3 is 11.9 Å². The van der Waals surface area contributed by atoms with Crippen LogP contribution in [0.1, 0.15) is 39.0 Å². The molecule has 0 aliphatic carbocycles. The van der Waals surface area contributed by atoms with Crippen molar-refractivity contribution < 1.29 is 34.2 Å². The Kier molecular flexibility index (Phi) is 12.2. The van der Waals surface area contributed by atoms with E-state index in [2.05, 4.69) is 11.8 Å². The Morgan fingerprint density at radius 1 is 1.19 bits per heavy atom. The number of benzene rings is 1. The summed E-state index contributed by atoms with van der Waals surface area (Å²) in [5.74, 6) is -2.47. The highest BCUT2D eigenvalue weighted by Gasteiger charge is 2.28. The number of hydrogen-bond donors (Lipinski definition) is 2. The smallest absolute Gasteiger partial charge is 0.414 e. The van der Waals surface area contributed by atoms with E-state index < -0.39 is 16.9 Å². The number of piperidine rings is 1. The van der Waals surface area contributed by atoms with Crippen LogP contribution in [0.2, 0.25) is 0 Å². The Morgan fingerprint density at radius 3 is 2.35 bits per heavy atom. The molecule has 1 fully saturated rings. The molecule has 1 aromatic rings. The zero-order valence-electron chi connectivity index (χ0n) is 18.1. The van der Waals surface area contributed by atoms with Crippen molar-refractivity contribution in [2.45, 2.75) is 45.1 Å². The predicted molar refractivity (Wildman–Crippen MR) is 113 cm³/mol. The topological polar surface area (TPSA) is 139 Å². The standard InChI is InChI=1S/C19H30N2O4.C2H2O4/c1-3-4-5-12-20-13-10-16(19(15-20)24-2)11-14-25-18-8-6-17(7-9-18)21(22)23;3-1(4)2(5)6/h6-9,16,19H,3-5,10-15H2,1-2H3;(H,3,4)(H,5,6)/t16-,19-;/m0./s1. The van der Waals surface area contributed by atoms with Gasteiger partial charge in [-0.25, -0.2) is 9.59 Å². The molecule has 1 aliphatic heterocycles. The van der Waals surface area contributed by atoms with Gasteiger partial charge in [-0.05, 0) is 50.4 Å². The third kappa shape index (κ3) is 10.2. The van der Waals surface area contributed by atoms with Gasteiger partial charge in [0.2, 0.25) is 0 Å². The van der Waals surface area contributed by atoms with Gasteiger partial charge in [-0.1, -0.05) is 19.8 Å². The number of likely N-dealkylation sites (tertiary alicyclic amines) is 1. The zero-order valence-corrected chi connectivity index (χ0v) is 18.1. The van der Waals surface area contributed by atoms with Gasteiger partial charge in [0.25, 0.3) is 5.69 Å². The molecule has 0 aromatic heterocycles. The average Bonchev–Trinajstić information content (AvgIpc) is 2.75. The quantitative estimate of drug-likeness (QED) is 0.243. The molecule has 10 nitrogen and oxygen atoms in total. The predicted octanol–water partition coefficient (Wildman–Crippen LogP) is 3.05. The molecule has 1 aliphatic rings. The first-order valence-corrected chi connectivity index (χ1v) is 10.4. The number of ether oxygens (including phenoxy) is 2. The number of rotatable bonds is 10. The van der Waals surface area contributed by atoms with E-state index in [1.807, 2.05) is 0 Å². The van der Waals surface area contributed by atoms with Crippen molar-refractivity contribution >= 4 is 17.6 Å². The Balaban J connectivity index is 0.000000703. The van der Waals surface area contributed by atoms with E-state index in [0.29, 0.717) is 18.3 Å². The maximum atomic E-state index is 10.7. The molecule has 1 saturated heterocycles.